The number of rotatable bonds is 4. The van der Waals surface area contributed by atoms with E-state index in [0.29, 0.717) is 6.04 Å². The van der Waals surface area contributed by atoms with E-state index in [1.54, 1.807) is 12.1 Å². The zero-order chi connectivity index (χ0) is 14.0. The van der Waals surface area contributed by atoms with Gasteiger partial charge in [0.25, 0.3) is 0 Å². The van der Waals surface area contributed by atoms with Crippen LogP contribution in [0.15, 0.2) is 18.2 Å². The lowest BCUT2D eigenvalue weighted by atomic mass is 10.0. The zero-order valence-electron chi connectivity index (χ0n) is 12.0. The number of likely N-dealkylation sites (tertiary alicyclic amines) is 1. The molecule has 0 radical (unpaired) electrons. The Balaban J connectivity index is 2.15. The van der Waals surface area contributed by atoms with Crippen LogP contribution >= 0.6 is 0 Å². The molecule has 4 nitrogen and oxygen atoms in total. The van der Waals surface area contributed by atoms with Crippen LogP contribution in [-0.4, -0.2) is 53.2 Å². The Morgan fingerprint density at radius 1 is 1.26 bits per heavy atom. The van der Waals surface area contributed by atoms with Gasteiger partial charge in [0.1, 0.15) is 11.5 Å². The molecule has 0 bridgehead atoms. The Morgan fingerprint density at radius 2 is 1.89 bits per heavy atom. The summed E-state index contributed by atoms with van der Waals surface area (Å²) in [5.41, 5.74) is 0.975. The normalized spacial score (nSPS) is 22.0. The number of benzene rings is 1. The molecule has 2 rings (SSSR count). The smallest absolute Gasteiger partial charge is 0.119 e. The summed E-state index contributed by atoms with van der Waals surface area (Å²) < 4.78 is 0. The number of likely N-dealkylation sites (N-methyl/N-ethyl adjacent to an activating group) is 1. The van der Waals surface area contributed by atoms with Crippen molar-refractivity contribution in [3.63, 3.8) is 0 Å². The summed E-state index contributed by atoms with van der Waals surface area (Å²) in [4.78, 5) is 4.68. The zero-order valence-corrected chi connectivity index (χ0v) is 12.0. The number of nitrogens with zero attached hydrogens (tertiary/aromatic N) is 2. The monoisotopic (exact) mass is 264 g/mol. The molecular weight excluding hydrogens is 240 g/mol. The van der Waals surface area contributed by atoms with Crippen molar-refractivity contribution in [2.75, 3.05) is 27.2 Å². The van der Waals surface area contributed by atoms with Gasteiger partial charge in [-0.05, 0) is 58.1 Å². The minimum Gasteiger partial charge on any atom is -0.508 e. The highest BCUT2D eigenvalue weighted by Crippen LogP contribution is 2.32. The lowest BCUT2D eigenvalue weighted by molar-refractivity contribution is 0.162. The van der Waals surface area contributed by atoms with Gasteiger partial charge < -0.3 is 15.1 Å². The molecule has 2 unspecified atom stereocenters. The van der Waals surface area contributed by atoms with Gasteiger partial charge in [-0.25, -0.2) is 0 Å². The number of hydrogen-bond acceptors (Lipinski definition) is 4. The first kappa shape index (κ1) is 14.2. The van der Waals surface area contributed by atoms with Crippen molar-refractivity contribution < 1.29 is 10.2 Å². The van der Waals surface area contributed by atoms with E-state index < -0.39 is 0 Å². The standard InChI is InChI=1S/C15H24N2O2/c1-11(12-7-14(18)9-15(19)8-12)17-6-4-5-13(17)10-16(2)3/h7-9,11,13,18-19H,4-6,10H2,1-3H3. The number of phenols is 2. The van der Waals surface area contributed by atoms with Crippen molar-refractivity contribution in [3.8, 4) is 11.5 Å². The van der Waals surface area contributed by atoms with Gasteiger partial charge in [0.15, 0.2) is 0 Å². The highest BCUT2D eigenvalue weighted by Gasteiger charge is 2.29. The first-order valence-corrected chi connectivity index (χ1v) is 6.91. The van der Waals surface area contributed by atoms with Crippen molar-refractivity contribution in [1.82, 2.24) is 9.80 Å². The Bertz CT molecular complexity index is 414. The molecule has 1 heterocycles. The van der Waals surface area contributed by atoms with Crippen LogP contribution in [0.2, 0.25) is 0 Å². The van der Waals surface area contributed by atoms with Crippen LogP contribution in [0.4, 0.5) is 0 Å². The van der Waals surface area contributed by atoms with Crippen molar-refractivity contribution in [2.45, 2.75) is 31.8 Å². The lowest BCUT2D eigenvalue weighted by Crippen LogP contribution is -2.38. The molecule has 2 atom stereocenters. The summed E-state index contributed by atoms with van der Waals surface area (Å²) in [7, 11) is 4.20. The second kappa shape index (κ2) is 5.80. The Morgan fingerprint density at radius 3 is 2.47 bits per heavy atom. The minimum absolute atomic E-state index is 0.130. The van der Waals surface area contributed by atoms with E-state index in [-0.39, 0.29) is 17.5 Å². The molecule has 4 heteroatoms. The first-order valence-electron chi connectivity index (χ1n) is 6.91. The molecule has 1 aromatic carbocycles. The molecular formula is C15H24N2O2. The molecule has 1 aliphatic heterocycles. The van der Waals surface area contributed by atoms with Gasteiger partial charge in [-0.15, -0.1) is 0 Å². The number of hydrogen-bond donors (Lipinski definition) is 2. The van der Waals surface area contributed by atoms with Crippen molar-refractivity contribution >= 4 is 0 Å². The molecule has 19 heavy (non-hydrogen) atoms. The van der Waals surface area contributed by atoms with Crippen molar-refractivity contribution in [1.29, 1.82) is 0 Å². The summed E-state index contributed by atoms with van der Waals surface area (Å²) in [6.07, 6.45) is 2.43. The van der Waals surface area contributed by atoms with Crippen molar-refractivity contribution in [3.05, 3.63) is 23.8 Å². The molecule has 0 aromatic heterocycles. The summed E-state index contributed by atoms with van der Waals surface area (Å²) >= 11 is 0. The van der Waals surface area contributed by atoms with Crippen molar-refractivity contribution in [2.24, 2.45) is 0 Å². The number of phenolic OH excluding ortho intramolecular Hbond substituents is 2. The van der Waals surface area contributed by atoms with E-state index >= 15 is 0 Å². The van der Waals surface area contributed by atoms with E-state index in [9.17, 15) is 10.2 Å². The number of aromatic hydroxyl groups is 2. The Kier molecular flexibility index (Phi) is 4.32. The maximum Gasteiger partial charge on any atom is 0.119 e. The molecule has 0 aliphatic carbocycles. The minimum atomic E-state index is 0.130. The van der Waals surface area contributed by atoms with Crippen LogP contribution in [0.3, 0.4) is 0 Å². The van der Waals surface area contributed by atoms with Crippen LogP contribution in [-0.2, 0) is 0 Å². The molecule has 2 N–H and O–H groups in total. The summed E-state index contributed by atoms with van der Waals surface area (Å²) in [5, 5.41) is 19.2. The summed E-state index contributed by atoms with van der Waals surface area (Å²) in [5.74, 6) is 0.260. The lowest BCUT2D eigenvalue weighted by Gasteiger charge is -2.32. The van der Waals surface area contributed by atoms with Gasteiger partial charge in [0, 0.05) is 24.7 Å². The van der Waals surface area contributed by atoms with E-state index in [4.69, 9.17) is 0 Å². The predicted molar refractivity (Wildman–Crippen MR) is 76.5 cm³/mol. The largest absolute Gasteiger partial charge is 0.508 e. The molecule has 0 spiro atoms. The molecule has 1 aromatic rings. The third kappa shape index (κ3) is 3.39. The fourth-order valence-corrected chi connectivity index (χ4v) is 3.04. The molecule has 106 valence electrons. The van der Waals surface area contributed by atoms with E-state index in [1.165, 1.54) is 18.9 Å². The van der Waals surface area contributed by atoms with Gasteiger partial charge in [-0.3, -0.25) is 4.90 Å². The van der Waals surface area contributed by atoms with E-state index in [1.807, 2.05) is 0 Å². The maximum atomic E-state index is 9.61. The average Bonchev–Trinajstić information content (AvgIpc) is 2.73. The third-order valence-corrected chi connectivity index (χ3v) is 3.90. The van der Waals surface area contributed by atoms with Gasteiger partial charge in [-0.2, -0.15) is 0 Å². The summed E-state index contributed by atoms with van der Waals surface area (Å²) in [6, 6.07) is 5.63. The summed E-state index contributed by atoms with van der Waals surface area (Å²) in [6.45, 7) is 4.27. The SMILES string of the molecule is CC(c1cc(O)cc(O)c1)N1CCCC1CN(C)C. The van der Waals surface area contributed by atoms with Gasteiger partial charge in [0.2, 0.25) is 0 Å². The predicted octanol–water partition coefficient (Wildman–Crippen LogP) is 2.18. The highest BCUT2D eigenvalue weighted by molar-refractivity contribution is 5.38. The van der Waals surface area contributed by atoms with E-state index in [0.717, 1.165) is 18.7 Å². The highest BCUT2D eigenvalue weighted by atomic mass is 16.3. The molecule has 0 saturated carbocycles. The molecule has 1 saturated heterocycles. The topological polar surface area (TPSA) is 46.9 Å². The van der Waals surface area contributed by atoms with Crippen LogP contribution in [0, 0.1) is 0 Å². The van der Waals surface area contributed by atoms with Crippen LogP contribution in [0.25, 0.3) is 0 Å². The maximum absolute atomic E-state index is 9.61. The molecule has 1 fully saturated rings. The third-order valence-electron chi connectivity index (χ3n) is 3.90. The molecule has 0 amide bonds. The fraction of sp³-hybridized carbons (Fsp3) is 0.600. The Labute approximate surface area is 115 Å². The van der Waals surface area contributed by atoms with Crippen LogP contribution in [0.5, 0.6) is 11.5 Å². The van der Waals surface area contributed by atoms with Crippen LogP contribution in [0.1, 0.15) is 31.4 Å². The second-order valence-electron chi connectivity index (χ2n) is 5.75. The fourth-order valence-electron chi connectivity index (χ4n) is 3.04. The second-order valence-corrected chi connectivity index (χ2v) is 5.75. The molecule has 1 aliphatic rings. The Hall–Kier alpha value is -1.26. The first-order chi connectivity index (χ1) is 8.97. The average molecular weight is 264 g/mol. The van der Waals surface area contributed by atoms with Crippen LogP contribution < -0.4 is 0 Å². The quantitative estimate of drug-likeness (QED) is 0.875. The van der Waals surface area contributed by atoms with E-state index in [2.05, 4.69) is 30.8 Å². The van der Waals surface area contributed by atoms with Gasteiger partial charge in [0.05, 0.1) is 0 Å². The van der Waals surface area contributed by atoms with Gasteiger partial charge >= 0.3 is 0 Å². The van der Waals surface area contributed by atoms with Gasteiger partial charge in [-0.1, -0.05) is 0 Å².